The summed E-state index contributed by atoms with van der Waals surface area (Å²) in [5, 5.41) is 0. The summed E-state index contributed by atoms with van der Waals surface area (Å²) in [6.07, 6.45) is 0. The van der Waals surface area contributed by atoms with Crippen LogP contribution in [-0.2, 0) is 0 Å². The Kier molecular flexibility index (Phi) is 3.54. The number of carbonyl (C=O) groups is 1. The lowest BCUT2D eigenvalue weighted by Crippen LogP contribution is -2.24. The first-order chi connectivity index (χ1) is 2.81. The minimum Gasteiger partial charge on any atom is -0.366 e. The fourth-order valence-electron chi connectivity index (χ4n) is 0.0315. The molecule has 0 aromatic rings. The van der Waals surface area contributed by atoms with Crippen molar-refractivity contribution >= 4 is 36.1 Å². The Morgan fingerprint density at radius 1 is 2.00 bits per heavy atom. The van der Waals surface area contributed by atoms with Gasteiger partial charge < -0.3 is 9.17 Å². The molecular weight excluding hydrogens is 194 g/mol. The zero-order valence-corrected chi connectivity index (χ0v) is 5.10. The average molecular weight is 197 g/mol. The van der Waals surface area contributed by atoms with Crippen molar-refractivity contribution in [2.75, 3.05) is 0 Å². The molecule has 0 aliphatic rings. The molecule has 0 saturated heterocycles. The zero-order chi connectivity index (χ0) is 4.99. The van der Waals surface area contributed by atoms with Crippen molar-refractivity contribution in [3.8, 4) is 0 Å². The molecule has 1 radical (unpaired) electrons. The first-order valence-electron chi connectivity index (χ1n) is 1.27. The minimum atomic E-state index is -0.268. The molecule has 0 atom stereocenters. The molecule has 0 saturated carbocycles. The molecule has 0 aliphatic carbocycles. The van der Waals surface area contributed by atoms with Crippen molar-refractivity contribution in [1.29, 1.82) is 0 Å². The van der Waals surface area contributed by atoms with Crippen molar-refractivity contribution in [1.82, 2.24) is 3.53 Å². The van der Waals surface area contributed by atoms with E-state index in [0.717, 1.165) is 7.41 Å². The van der Waals surface area contributed by atoms with Gasteiger partial charge in [0.25, 0.3) is 0 Å². The van der Waals surface area contributed by atoms with Crippen LogP contribution in [0.5, 0.6) is 0 Å². The quantitative estimate of drug-likeness (QED) is 0.342. The second-order valence-corrected chi connectivity index (χ2v) is 1.16. The van der Waals surface area contributed by atoms with E-state index in [1.54, 1.807) is 22.9 Å². The van der Waals surface area contributed by atoms with Crippen LogP contribution in [-0.4, -0.2) is 13.2 Å². The summed E-state index contributed by atoms with van der Waals surface area (Å²) in [5.41, 5.74) is 4.74. The number of amides is 1. The summed E-state index contributed by atoms with van der Waals surface area (Å²) in [4.78, 5) is 9.88. The maximum Gasteiger partial charge on any atom is 0.324 e. The SMILES string of the molecule is N[B]C(=O)NI. The third-order valence-electron chi connectivity index (χ3n) is 0.245. The number of carbonyl (C=O) groups excluding carboxylic acids is 1. The first kappa shape index (κ1) is 6.22. The molecule has 0 aliphatic heterocycles. The first-order valence-corrected chi connectivity index (χ1v) is 2.34. The van der Waals surface area contributed by atoms with Gasteiger partial charge >= 0.3 is 7.41 Å². The van der Waals surface area contributed by atoms with Crippen LogP contribution in [0.3, 0.4) is 0 Å². The van der Waals surface area contributed by atoms with E-state index >= 15 is 0 Å². The molecule has 3 nitrogen and oxygen atoms in total. The van der Waals surface area contributed by atoms with Gasteiger partial charge in [-0.15, -0.1) is 0 Å². The van der Waals surface area contributed by atoms with Gasteiger partial charge in [0.15, 0.2) is 5.81 Å². The number of hydrogen-bond acceptors (Lipinski definition) is 2. The highest BCUT2D eigenvalue weighted by Gasteiger charge is 1.90. The minimum absolute atomic E-state index is 0.268. The summed E-state index contributed by atoms with van der Waals surface area (Å²) >= 11 is 1.70. The topological polar surface area (TPSA) is 55.1 Å². The fraction of sp³-hybridized carbons (Fsp3) is 0. The van der Waals surface area contributed by atoms with Crippen LogP contribution in [0.25, 0.3) is 0 Å². The second-order valence-electron chi connectivity index (χ2n) is 0.625. The lowest BCUT2D eigenvalue weighted by molar-refractivity contribution is 0.264. The van der Waals surface area contributed by atoms with Crippen LogP contribution >= 0.6 is 22.9 Å². The molecule has 33 valence electrons. The normalized spacial score (nSPS) is 7.00. The van der Waals surface area contributed by atoms with E-state index in [1.165, 1.54) is 0 Å². The Hall–Kier alpha value is 0.225. The highest BCUT2D eigenvalue weighted by molar-refractivity contribution is 14.1. The summed E-state index contributed by atoms with van der Waals surface area (Å²) in [5.74, 6) is -0.268. The largest absolute Gasteiger partial charge is 0.366 e. The van der Waals surface area contributed by atoms with Crippen molar-refractivity contribution < 1.29 is 4.79 Å². The molecule has 3 N–H and O–H groups in total. The monoisotopic (exact) mass is 197 g/mol. The third-order valence-corrected chi connectivity index (χ3v) is 0.776. The van der Waals surface area contributed by atoms with Crippen LogP contribution in [0, 0.1) is 0 Å². The van der Waals surface area contributed by atoms with Crippen molar-refractivity contribution in [2.24, 2.45) is 5.64 Å². The van der Waals surface area contributed by atoms with Gasteiger partial charge in [-0.25, -0.2) is 0 Å². The highest BCUT2D eigenvalue weighted by atomic mass is 127. The van der Waals surface area contributed by atoms with E-state index in [-0.39, 0.29) is 5.81 Å². The summed E-state index contributed by atoms with van der Waals surface area (Å²) in [6.45, 7) is 0. The van der Waals surface area contributed by atoms with Gasteiger partial charge in [-0.3, -0.25) is 4.79 Å². The Balaban J connectivity index is 2.99. The number of rotatable bonds is 1. The predicted octanol–water partition coefficient (Wildman–Crippen LogP) is -0.376. The molecule has 0 bridgehead atoms. The molecule has 0 aromatic carbocycles. The number of nitrogens with one attached hydrogen (secondary N) is 1. The molecule has 0 heterocycles. The van der Waals surface area contributed by atoms with Crippen LogP contribution in [0.4, 0.5) is 4.79 Å². The van der Waals surface area contributed by atoms with Gasteiger partial charge in [-0.05, 0) is 0 Å². The maximum absolute atomic E-state index is 9.88. The molecular formula is CH3BIN2O. The van der Waals surface area contributed by atoms with Gasteiger partial charge in [0.1, 0.15) is 0 Å². The predicted molar refractivity (Wildman–Crippen MR) is 32.5 cm³/mol. The van der Waals surface area contributed by atoms with Gasteiger partial charge in [0.05, 0.1) is 22.9 Å². The second kappa shape index (κ2) is 3.42. The molecule has 0 rings (SSSR count). The van der Waals surface area contributed by atoms with Crippen LogP contribution < -0.4 is 9.17 Å². The number of hydrogen-bond donors (Lipinski definition) is 2. The van der Waals surface area contributed by atoms with E-state index in [2.05, 4.69) is 3.53 Å². The van der Waals surface area contributed by atoms with Crippen molar-refractivity contribution in [3.63, 3.8) is 0 Å². The van der Waals surface area contributed by atoms with Gasteiger partial charge in [-0.2, -0.15) is 0 Å². The maximum atomic E-state index is 9.88. The van der Waals surface area contributed by atoms with Crippen LogP contribution in [0.2, 0.25) is 0 Å². The Morgan fingerprint density at radius 2 is 2.50 bits per heavy atom. The van der Waals surface area contributed by atoms with Gasteiger partial charge in [0.2, 0.25) is 0 Å². The van der Waals surface area contributed by atoms with Gasteiger partial charge in [0, 0.05) is 0 Å². The molecule has 6 heavy (non-hydrogen) atoms. The molecule has 0 unspecified atom stereocenters. The van der Waals surface area contributed by atoms with E-state index < -0.39 is 0 Å². The van der Waals surface area contributed by atoms with E-state index in [0.29, 0.717) is 0 Å². The molecule has 0 aromatic heterocycles. The Bertz CT molecular complexity index is 51.5. The van der Waals surface area contributed by atoms with E-state index in [1.807, 2.05) is 0 Å². The average Bonchev–Trinajstić information content (AvgIpc) is 1.65. The van der Waals surface area contributed by atoms with Crippen LogP contribution in [0.15, 0.2) is 0 Å². The summed E-state index contributed by atoms with van der Waals surface area (Å²) < 4.78 is 2.27. The third kappa shape index (κ3) is 2.46. The molecule has 0 spiro atoms. The lowest BCUT2D eigenvalue weighted by Gasteiger charge is -1.82. The fourth-order valence-corrected chi connectivity index (χ4v) is 0.211. The van der Waals surface area contributed by atoms with Gasteiger partial charge in [-0.1, -0.05) is 0 Å². The molecule has 1 amide bonds. The standard InChI is InChI=1S/CH3BIN2O/c3-5-1(6)2-4/h4H2,(H,5,6). The van der Waals surface area contributed by atoms with E-state index in [9.17, 15) is 4.79 Å². The number of halogens is 1. The Labute approximate surface area is 50.4 Å². The number of nitrogens with two attached hydrogens (primary N) is 1. The summed E-state index contributed by atoms with van der Waals surface area (Å²) in [7, 11) is 0.965. The highest BCUT2D eigenvalue weighted by Crippen LogP contribution is 1.67. The smallest absolute Gasteiger partial charge is 0.324 e. The zero-order valence-electron chi connectivity index (χ0n) is 2.94. The molecule has 5 heteroatoms. The molecule has 0 fully saturated rings. The van der Waals surface area contributed by atoms with Crippen LogP contribution in [0.1, 0.15) is 0 Å². The lowest BCUT2D eigenvalue weighted by atomic mass is 9.98. The van der Waals surface area contributed by atoms with E-state index in [4.69, 9.17) is 5.64 Å². The van der Waals surface area contributed by atoms with Crippen molar-refractivity contribution in [2.45, 2.75) is 0 Å². The van der Waals surface area contributed by atoms with Crippen molar-refractivity contribution in [3.05, 3.63) is 0 Å². The summed E-state index contributed by atoms with van der Waals surface area (Å²) in [6, 6.07) is 0. The Morgan fingerprint density at radius 3 is 2.50 bits per heavy atom.